The highest BCUT2D eigenvalue weighted by molar-refractivity contribution is 5.33. The van der Waals surface area contributed by atoms with Gasteiger partial charge in [0.2, 0.25) is 0 Å². The zero-order valence-electron chi connectivity index (χ0n) is 10.0. The van der Waals surface area contributed by atoms with Crippen molar-refractivity contribution < 1.29 is 0 Å². The lowest BCUT2D eigenvalue weighted by Crippen LogP contribution is -2.07. The molecular weight excluding hydrogens is 208 g/mol. The van der Waals surface area contributed by atoms with Crippen LogP contribution in [0.2, 0.25) is 0 Å². The van der Waals surface area contributed by atoms with E-state index >= 15 is 0 Å². The second-order valence-electron chi connectivity index (χ2n) is 4.60. The second-order valence-corrected chi connectivity index (χ2v) is 4.60. The molecule has 1 aromatic rings. The number of benzene rings is 1. The van der Waals surface area contributed by atoms with Crippen LogP contribution in [0.5, 0.6) is 0 Å². The fraction of sp³-hybridized carbons (Fsp3) is 0.400. The summed E-state index contributed by atoms with van der Waals surface area (Å²) in [6, 6.07) is 9.91. The average Bonchev–Trinajstić information content (AvgIpc) is 3.18. The quantitative estimate of drug-likeness (QED) is 0.757. The van der Waals surface area contributed by atoms with E-state index in [2.05, 4.69) is 23.5 Å². The van der Waals surface area contributed by atoms with E-state index in [0.717, 1.165) is 24.4 Å². The van der Waals surface area contributed by atoms with Crippen LogP contribution in [-0.2, 0) is 6.42 Å². The highest BCUT2D eigenvalue weighted by atomic mass is 14.8. The Morgan fingerprint density at radius 2 is 2.29 bits per heavy atom. The lowest BCUT2D eigenvalue weighted by atomic mass is 10.1. The van der Waals surface area contributed by atoms with Gasteiger partial charge in [-0.25, -0.2) is 0 Å². The van der Waals surface area contributed by atoms with Crippen LogP contribution in [0.25, 0.3) is 0 Å². The van der Waals surface area contributed by atoms with Crippen LogP contribution in [0.15, 0.2) is 36.5 Å². The van der Waals surface area contributed by atoms with Crippen LogP contribution in [0, 0.1) is 17.2 Å². The number of nitrogens with zero attached hydrogens (tertiary/aromatic N) is 1. The first-order chi connectivity index (χ1) is 8.38. The molecule has 0 bridgehead atoms. The molecule has 2 nitrogen and oxygen atoms in total. The van der Waals surface area contributed by atoms with Crippen LogP contribution in [-0.4, -0.2) is 6.54 Å². The minimum absolute atomic E-state index is 0.734. The van der Waals surface area contributed by atoms with Gasteiger partial charge in [-0.2, -0.15) is 5.26 Å². The van der Waals surface area contributed by atoms with Crippen LogP contribution >= 0.6 is 0 Å². The summed E-state index contributed by atoms with van der Waals surface area (Å²) in [5, 5.41) is 12.1. The predicted octanol–water partition coefficient (Wildman–Crippen LogP) is 3.00. The normalized spacial score (nSPS) is 14.8. The van der Waals surface area contributed by atoms with Crippen molar-refractivity contribution in [1.82, 2.24) is 5.32 Å². The fourth-order valence-electron chi connectivity index (χ4n) is 1.82. The van der Waals surface area contributed by atoms with Gasteiger partial charge >= 0.3 is 0 Å². The molecule has 0 amide bonds. The Hall–Kier alpha value is -1.75. The maximum absolute atomic E-state index is 8.78. The average molecular weight is 226 g/mol. The summed E-state index contributed by atoms with van der Waals surface area (Å²) in [6.45, 7) is 1.08. The number of hydrogen-bond donors (Lipinski definition) is 1. The van der Waals surface area contributed by atoms with Crippen molar-refractivity contribution in [3.8, 4) is 6.07 Å². The van der Waals surface area contributed by atoms with E-state index in [1.165, 1.54) is 24.8 Å². The molecule has 1 aromatic carbocycles. The molecule has 0 unspecified atom stereocenters. The van der Waals surface area contributed by atoms with Gasteiger partial charge in [0.1, 0.15) is 0 Å². The Kier molecular flexibility index (Phi) is 4.21. The smallest absolute Gasteiger partial charge is 0.0991 e. The molecule has 0 aromatic heterocycles. The molecule has 1 N–H and O–H groups in total. The molecule has 0 spiro atoms. The molecule has 1 aliphatic carbocycles. The van der Waals surface area contributed by atoms with E-state index in [1.807, 2.05) is 24.4 Å². The summed E-state index contributed by atoms with van der Waals surface area (Å²) >= 11 is 0. The molecule has 0 aliphatic heterocycles. The Labute approximate surface area is 103 Å². The number of allylic oxidation sites excluding steroid dienone is 1. The van der Waals surface area contributed by atoms with E-state index in [0.29, 0.717) is 0 Å². The zero-order valence-corrected chi connectivity index (χ0v) is 10.0. The van der Waals surface area contributed by atoms with Crippen molar-refractivity contribution in [2.24, 2.45) is 5.92 Å². The van der Waals surface area contributed by atoms with Crippen molar-refractivity contribution in [2.45, 2.75) is 25.7 Å². The molecule has 1 aliphatic rings. The summed E-state index contributed by atoms with van der Waals surface area (Å²) in [4.78, 5) is 0. The van der Waals surface area contributed by atoms with E-state index in [-0.39, 0.29) is 0 Å². The zero-order chi connectivity index (χ0) is 11.9. The van der Waals surface area contributed by atoms with Gasteiger partial charge in [0, 0.05) is 6.54 Å². The topological polar surface area (TPSA) is 35.8 Å². The van der Waals surface area contributed by atoms with Crippen molar-refractivity contribution in [3.63, 3.8) is 0 Å². The van der Waals surface area contributed by atoms with E-state index in [4.69, 9.17) is 5.26 Å². The molecule has 17 heavy (non-hydrogen) atoms. The summed E-state index contributed by atoms with van der Waals surface area (Å²) in [6.07, 6.45) is 9.17. The van der Waals surface area contributed by atoms with Gasteiger partial charge < -0.3 is 5.32 Å². The van der Waals surface area contributed by atoms with Crippen molar-refractivity contribution in [2.75, 3.05) is 6.54 Å². The van der Waals surface area contributed by atoms with Crippen LogP contribution in [0.4, 0.5) is 0 Å². The van der Waals surface area contributed by atoms with E-state index < -0.39 is 0 Å². The molecule has 0 radical (unpaired) electrons. The summed E-state index contributed by atoms with van der Waals surface area (Å²) < 4.78 is 0. The minimum atomic E-state index is 0.734. The SMILES string of the molecule is N#Cc1cccc(C/C=C/NCCC2CC2)c1. The van der Waals surface area contributed by atoms with Gasteiger partial charge in [-0.3, -0.25) is 0 Å². The molecule has 0 atom stereocenters. The second kappa shape index (κ2) is 6.10. The first kappa shape index (κ1) is 11.7. The highest BCUT2D eigenvalue weighted by Crippen LogP contribution is 2.31. The molecular formula is C15H18N2. The molecule has 88 valence electrons. The molecule has 1 saturated carbocycles. The molecule has 0 saturated heterocycles. The third kappa shape index (κ3) is 4.32. The van der Waals surface area contributed by atoms with Gasteiger partial charge in [0.05, 0.1) is 11.6 Å². The third-order valence-electron chi connectivity index (χ3n) is 3.04. The number of hydrogen-bond acceptors (Lipinski definition) is 2. The molecule has 2 rings (SSSR count). The Balaban J connectivity index is 1.68. The van der Waals surface area contributed by atoms with Gasteiger partial charge in [0.25, 0.3) is 0 Å². The molecule has 0 heterocycles. The predicted molar refractivity (Wildman–Crippen MR) is 69.3 cm³/mol. The highest BCUT2D eigenvalue weighted by Gasteiger charge is 2.19. The molecule has 1 fully saturated rings. The Morgan fingerprint density at radius 3 is 3.06 bits per heavy atom. The minimum Gasteiger partial charge on any atom is -0.391 e. The van der Waals surface area contributed by atoms with E-state index in [9.17, 15) is 0 Å². The first-order valence-corrected chi connectivity index (χ1v) is 6.26. The number of rotatable bonds is 6. The Morgan fingerprint density at radius 1 is 1.41 bits per heavy atom. The van der Waals surface area contributed by atoms with Gasteiger partial charge in [-0.1, -0.05) is 31.1 Å². The van der Waals surface area contributed by atoms with E-state index in [1.54, 1.807) is 0 Å². The molecule has 2 heteroatoms. The first-order valence-electron chi connectivity index (χ1n) is 6.26. The largest absolute Gasteiger partial charge is 0.391 e. The van der Waals surface area contributed by atoms with Gasteiger partial charge in [0.15, 0.2) is 0 Å². The lowest BCUT2D eigenvalue weighted by molar-refractivity contribution is 0.684. The third-order valence-corrected chi connectivity index (χ3v) is 3.04. The lowest BCUT2D eigenvalue weighted by Gasteiger charge is -1.99. The number of nitrogens with one attached hydrogen (secondary N) is 1. The maximum Gasteiger partial charge on any atom is 0.0991 e. The standard InChI is InChI=1S/C15H18N2/c16-12-15-4-1-3-14(11-15)5-2-9-17-10-8-13-6-7-13/h1-4,9,11,13,17H,5-8,10H2/b9-2+. The number of nitriles is 1. The van der Waals surface area contributed by atoms with Crippen LogP contribution in [0.1, 0.15) is 30.4 Å². The summed E-state index contributed by atoms with van der Waals surface area (Å²) in [5.41, 5.74) is 1.92. The monoisotopic (exact) mass is 226 g/mol. The summed E-state index contributed by atoms with van der Waals surface area (Å²) in [5.74, 6) is 0.989. The van der Waals surface area contributed by atoms with Crippen molar-refractivity contribution >= 4 is 0 Å². The van der Waals surface area contributed by atoms with Gasteiger partial charge in [-0.05, 0) is 42.7 Å². The van der Waals surface area contributed by atoms with Crippen LogP contribution in [0.3, 0.4) is 0 Å². The summed E-state index contributed by atoms with van der Waals surface area (Å²) in [7, 11) is 0. The van der Waals surface area contributed by atoms with Crippen LogP contribution < -0.4 is 5.32 Å². The maximum atomic E-state index is 8.78. The van der Waals surface area contributed by atoms with Crippen molar-refractivity contribution in [1.29, 1.82) is 5.26 Å². The Bertz CT molecular complexity index is 425. The fourth-order valence-corrected chi connectivity index (χ4v) is 1.82. The van der Waals surface area contributed by atoms with Crippen molar-refractivity contribution in [3.05, 3.63) is 47.7 Å². The van der Waals surface area contributed by atoms with Gasteiger partial charge in [-0.15, -0.1) is 0 Å².